The number of carbonyl (C=O) groups is 1. The van der Waals surface area contributed by atoms with E-state index < -0.39 is 11.2 Å². The van der Waals surface area contributed by atoms with Gasteiger partial charge in [0.1, 0.15) is 12.1 Å². The Hall–Kier alpha value is -3.15. The van der Waals surface area contributed by atoms with Gasteiger partial charge in [-0.15, -0.1) is 0 Å². The van der Waals surface area contributed by atoms with Crippen molar-refractivity contribution < 1.29 is 13.7 Å². The topological polar surface area (TPSA) is 52.2 Å². The Kier molecular flexibility index (Phi) is 6.35. The zero-order valence-corrected chi connectivity index (χ0v) is 17.9. The normalized spacial score (nSPS) is 14.8. The van der Waals surface area contributed by atoms with Crippen LogP contribution in [0, 0.1) is 5.82 Å². The molecule has 1 N–H and O–H groups in total. The third-order valence-corrected chi connectivity index (χ3v) is 6.12. The molecule has 0 aliphatic heterocycles. The van der Waals surface area contributed by atoms with Crippen LogP contribution in [0.25, 0.3) is 17.2 Å². The first-order valence-corrected chi connectivity index (χ1v) is 11.5. The summed E-state index contributed by atoms with van der Waals surface area (Å²) in [7, 11) is 0. The predicted molar refractivity (Wildman–Crippen MR) is 124 cm³/mol. The van der Waals surface area contributed by atoms with Gasteiger partial charge in [0, 0.05) is 6.54 Å². The molecule has 0 heterocycles. The van der Waals surface area contributed by atoms with Crippen molar-refractivity contribution in [3.8, 4) is 0 Å². The molecule has 1 aliphatic carbocycles. The van der Waals surface area contributed by atoms with E-state index in [1.807, 2.05) is 66.7 Å². The van der Waals surface area contributed by atoms with E-state index in [4.69, 9.17) is 0 Å². The Labute approximate surface area is 184 Å². The van der Waals surface area contributed by atoms with Gasteiger partial charge in [0.05, 0.1) is 6.42 Å². The minimum absolute atomic E-state index is 0.110. The average Bonchev–Trinajstić information content (AvgIpc) is 3.09. The molecule has 3 nitrogen and oxygen atoms in total. The maximum absolute atomic E-state index is 13.9. The number of halogens is 1. The molecule has 31 heavy (non-hydrogen) atoms. The van der Waals surface area contributed by atoms with Crippen LogP contribution in [0.1, 0.15) is 28.7 Å². The second-order valence-electron chi connectivity index (χ2n) is 7.42. The van der Waals surface area contributed by atoms with E-state index >= 15 is 0 Å². The molecule has 0 radical (unpaired) electrons. The van der Waals surface area contributed by atoms with Gasteiger partial charge in [0.15, 0.2) is 4.90 Å². The second-order valence-corrected chi connectivity index (χ2v) is 8.80. The molecule has 5 heteroatoms. The second kappa shape index (κ2) is 9.33. The van der Waals surface area contributed by atoms with Gasteiger partial charge in [-0.3, -0.25) is 4.79 Å². The summed E-state index contributed by atoms with van der Waals surface area (Å²) < 4.78 is 25.5. The van der Waals surface area contributed by atoms with Crippen molar-refractivity contribution in [2.45, 2.75) is 17.9 Å². The number of allylic oxidation sites excluding steroid dienone is 2. The van der Waals surface area contributed by atoms with Crippen LogP contribution in [0.15, 0.2) is 83.8 Å². The molecular formula is C26H22FNO2S. The third kappa shape index (κ3) is 5.13. The lowest BCUT2D eigenvalue weighted by molar-refractivity contribution is -0.120. The molecule has 0 aromatic heterocycles. The SMILES string of the molecule is C[S+]([O-])c1ccc(/C=C2\C=C(CC(=O)NCc3ccccc3)c3cc(F)ccc32)cc1. The molecule has 0 saturated heterocycles. The maximum Gasteiger partial charge on any atom is 0.224 e. The monoisotopic (exact) mass is 431 g/mol. The minimum Gasteiger partial charge on any atom is -0.612 e. The Balaban J connectivity index is 1.55. The highest BCUT2D eigenvalue weighted by atomic mass is 32.2. The highest BCUT2D eigenvalue weighted by Crippen LogP contribution is 2.38. The van der Waals surface area contributed by atoms with Gasteiger partial charge in [-0.25, -0.2) is 4.39 Å². The number of fused-ring (bicyclic) bond motifs is 1. The molecule has 0 fully saturated rings. The molecule has 1 amide bonds. The van der Waals surface area contributed by atoms with Crippen molar-refractivity contribution in [1.82, 2.24) is 5.32 Å². The molecule has 3 aromatic carbocycles. The summed E-state index contributed by atoms with van der Waals surface area (Å²) in [6, 6.07) is 21.9. The lowest BCUT2D eigenvalue weighted by atomic mass is 10.0. The van der Waals surface area contributed by atoms with Crippen LogP contribution < -0.4 is 5.32 Å². The molecule has 0 spiro atoms. The van der Waals surface area contributed by atoms with E-state index in [1.54, 1.807) is 12.3 Å². The van der Waals surface area contributed by atoms with Gasteiger partial charge >= 0.3 is 0 Å². The number of amides is 1. The third-order valence-electron chi connectivity index (χ3n) is 5.19. The summed E-state index contributed by atoms with van der Waals surface area (Å²) in [6.07, 6.45) is 5.76. The quantitative estimate of drug-likeness (QED) is 0.545. The summed E-state index contributed by atoms with van der Waals surface area (Å²) in [5.41, 5.74) is 5.33. The van der Waals surface area contributed by atoms with E-state index in [0.717, 1.165) is 38.3 Å². The highest BCUT2D eigenvalue weighted by molar-refractivity contribution is 7.90. The molecule has 0 saturated carbocycles. The first kappa shape index (κ1) is 21.1. The number of hydrogen-bond acceptors (Lipinski definition) is 2. The fourth-order valence-electron chi connectivity index (χ4n) is 3.61. The van der Waals surface area contributed by atoms with E-state index in [0.29, 0.717) is 6.54 Å². The predicted octanol–water partition coefficient (Wildman–Crippen LogP) is 5.21. The molecule has 156 valence electrons. The van der Waals surface area contributed by atoms with Crippen molar-refractivity contribution in [3.63, 3.8) is 0 Å². The van der Waals surface area contributed by atoms with Crippen LogP contribution in [-0.4, -0.2) is 16.7 Å². The summed E-state index contributed by atoms with van der Waals surface area (Å²) in [6.45, 7) is 0.455. The van der Waals surface area contributed by atoms with Crippen molar-refractivity contribution in [2.24, 2.45) is 0 Å². The summed E-state index contributed by atoms with van der Waals surface area (Å²) in [5.74, 6) is -0.438. The molecular weight excluding hydrogens is 409 g/mol. The minimum atomic E-state index is -1.03. The van der Waals surface area contributed by atoms with Gasteiger partial charge in [0.25, 0.3) is 0 Å². The number of hydrogen-bond donors (Lipinski definition) is 1. The molecule has 4 rings (SSSR count). The van der Waals surface area contributed by atoms with Gasteiger partial charge in [-0.2, -0.15) is 0 Å². The number of rotatable bonds is 6. The van der Waals surface area contributed by atoms with Crippen molar-refractivity contribution >= 4 is 34.3 Å². The van der Waals surface area contributed by atoms with Crippen LogP contribution in [-0.2, 0) is 22.5 Å². The average molecular weight is 432 g/mol. The van der Waals surface area contributed by atoms with Crippen LogP contribution >= 0.6 is 0 Å². The standard InChI is InChI=1S/C26H22FNO2S/c1-31(30)23-10-7-18(8-11-23)13-20-14-21(25-16-22(27)9-12-24(20)25)15-26(29)28-17-19-5-3-2-4-6-19/h2-14,16H,15,17H2,1H3,(H,28,29)/b20-13+. The summed E-state index contributed by atoms with van der Waals surface area (Å²) >= 11 is -1.03. The zero-order chi connectivity index (χ0) is 21.8. The van der Waals surface area contributed by atoms with E-state index in [-0.39, 0.29) is 18.1 Å². The Morgan fingerprint density at radius 1 is 1.03 bits per heavy atom. The highest BCUT2D eigenvalue weighted by Gasteiger charge is 2.21. The van der Waals surface area contributed by atoms with Gasteiger partial charge in [-0.1, -0.05) is 36.4 Å². The van der Waals surface area contributed by atoms with Crippen LogP contribution in [0.5, 0.6) is 0 Å². The molecule has 3 aromatic rings. The fraction of sp³-hybridized carbons (Fsp3) is 0.115. The number of benzene rings is 3. The molecule has 1 aliphatic rings. The smallest absolute Gasteiger partial charge is 0.224 e. The van der Waals surface area contributed by atoms with E-state index in [2.05, 4.69) is 5.32 Å². The Morgan fingerprint density at radius 3 is 2.48 bits per heavy atom. The van der Waals surface area contributed by atoms with Crippen molar-refractivity contribution in [1.29, 1.82) is 0 Å². The van der Waals surface area contributed by atoms with Crippen LogP contribution in [0.4, 0.5) is 4.39 Å². The lowest BCUT2D eigenvalue weighted by Gasteiger charge is -2.08. The molecule has 1 unspecified atom stereocenters. The largest absolute Gasteiger partial charge is 0.612 e. The van der Waals surface area contributed by atoms with Gasteiger partial charge < -0.3 is 9.87 Å². The Morgan fingerprint density at radius 2 is 1.77 bits per heavy atom. The molecule has 1 atom stereocenters. The van der Waals surface area contributed by atoms with Crippen LogP contribution in [0.3, 0.4) is 0 Å². The van der Waals surface area contributed by atoms with E-state index in [9.17, 15) is 13.7 Å². The first-order chi connectivity index (χ1) is 15.0. The van der Waals surface area contributed by atoms with Crippen LogP contribution in [0.2, 0.25) is 0 Å². The number of nitrogens with one attached hydrogen (secondary N) is 1. The molecule has 0 bridgehead atoms. The Bertz CT molecular complexity index is 1150. The number of carbonyl (C=O) groups excluding carboxylic acids is 1. The van der Waals surface area contributed by atoms with E-state index in [1.165, 1.54) is 12.1 Å². The van der Waals surface area contributed by atoms with Crippen molar-refractivity contribution in [3.05, 3.63) is 107 Å². The first-order valence-electron chi connectivity index (χ1n) is 9.96. The van der Waals surface area contributed by atoms with Gasteiger partial charge in [0.2, 0.25) is 5.91 Å². The zero-order valence-electron chi connectivity index (χ0n) is 17.1. The van der Waals surface area contributed by atoms with Gasteiger partial charge in [-0.05, 0) is 93.1 Å². The summed E-state index contributed by atoms with van der Waals surface area (Å²) in [5, 5.41) is 2.93. The summed E-state index contributed by atoms with van der Waals surface area (Å²) in [4.78, 5) is 13.3. The van der Waals surface area contributed by atoms with Crippen molar-refractivity contribution in [2.75, 3.05) is 6.26 Å². The maximum atomic E-state index is 13.9. The lowest BCUT2D eigenvalue weighted by Crippen LogP contribution is -2.22. The fourth-order valence-corrected chi connectivity index (χ4v) is 4.13.